The van der Waals surface area contributed by atoms with Crippen LogP contribution in [-0.4, -0.2) is 41.8 Å². The molecule has 1 amide bonds. The largest absolute Gasteiger partial charge is 0.478 e. The van der Waals surface area contributed by atoms with Gasteiger partial charge in [-0.05, 0) is 18.2 Å². The van der Waals surface area contributed by atoms with Crippen LogP contribution in [0.4, 0.5) is 0 Å². The number of aromatic carboxylic acids is 1. The van der Waals surface area contributed by atoms with Crippen molar-refractivity contribution in [3.63, 3.8) is 0 Å². The third-order valence-electron chi connectivity index (χ3n) is 2.85. The quantitative estimate of drug-likeness (QED) is 0.729. The van der Waals surface area contributed by atoms with Crippen molar-refractivity contribution >= 4 is 23.0 Å². The normalized spacial score (nSPS) is 10.7. The summed E-state index contributed by atoms with van der Waals surface area (Å²) < 4.78 is 10.9. The lowest BCUT2D eigenvalue weighted by Crippen LogP contribution is -2.32. The van der Waals surface area contributed by atoms with Crippen LogP contribution in [-0.2, 0) is 16.1 Å². The number of nitrogens with zero attached hydrogens (tertiary/aromatic N) is 1. The highest BCUT2D eigenvalue weighted by molar-refractivity contribution is 5.92. The van der Waals surface area contributed by atoms with Crippen LogP contribution in [0.5, 0.6) is 0 Å². The average Bonchev–Trinajstić information content (AvgIpc) is 2.74. The maximum absolute atomic E-state index is 11.7. The van der Waals surface area contributed by atoms with E-state index < -0.39 is 11.7 Å². The summed E-state index contributed by atoms with van der Waals surface area (Å²) in [6.07, 6.45) is 0. The molecule has 2 N–H and O–H groups in total. The van der Waals surface area contributed by atoms with Gasteiger partial charge in [0.2, 0.25) is 5.91 Å². The first-order valence-electron chi connectivity index (χ1n) is 6.15. The minimum atomic E-state index is -1.12. The van der Waals surface area contributed by atoms with E-state index in [2.05, 4.69) is 5.32 Å². The number of ether oxygens (including phenoxy) is 1. The highest BCUT2D eigenvalue weighted by Gasteiger charge is 2.14. The molecule has 0 bridgehead atoms. The second kappa shape index (κ2) is 6.23. The highest BCUT2D eigenvalue weighted by atomic mass is 16.5. The van der Waals surface area contributed by atoms with Gasteiger partial charge in [0.15, 0.2) is 5.58 Å². The summed E-state index contributed by atoms with van der Waals surface area (Å²) in [7, 11) is 1.51. The van der Waals surface area contributed by atoms with Crippen LogP contribution in [0.25, 0.3) is 11.1 Å². The fraction of sp³-hybridized carbons (Fsp3) is 0.308. The van der Waals surface area contributed by atoms with Gasteiger partial charge in [-0.25, -0.2) is 9.59 Å². The molecule has 0 saturated heterocycles. The number of benzene rings is 1. The number of fused-ring (bicyclic) bond motifs is 1. The molecule has 112 valence electrons. The van der Waals surface area contributed by atoms with Gasteiger partial charge in [0.1, 0.15) is 6.54 Å². The van der Waals surface area contributed by atoms with Crippen LogP contribution < -0.4 is 11.1 Å². The van der Waals surface area contributed by atoms with Crippen LogP contribution in [0.15, 0.2) is 27.4 Å². The Morgan fingerprint density at radius 2 is 2.19 bits per heavy atom. The van der Waals surface area contributed by atoms with Crippen molar-refractivity contribution in [3.05, 3.63) is 34.3 Å². The Kier molecular flexibility index (Phi) is 4.39. The Labute approximate surface area is 118 Å². The molecule has 0 aliphatic rings. The van der Waals surface area contributed by atoms with Crippen molar-refractivity contribution in [1.29, 1.82) is 0 Å². The molecule has 0 atom stereocenters. The molecule has 8 nitrogen and oxygen atoms in total. The zero-order valence-corrected chi connectivity index (χ0v) is 11.3. The number of amides is 1. The second-order valence-electron chi connectivity index (χ2n) is 4.28. The average molecular weight is 294 g/mol. The van der Waals surface area contributed by atoms with E-state index in [1.807, 2.05) is 0 Å². The van der Waals surface area contributed by atoms with Crippen molar-refractivity contribution in [2.75, 3.05) is 20.3 Å². The Hall–Kier alpha value is -2.61. The Morgan fingerprint density at radius 3 is 2.86 bits per heavy atom. The number of hydrogen-bond donors (Lipinski definition) is 2. The van der Waals surface area contributed by atoms with E-state index >= 15 is 0 Å². The number of carbonyl (C=O) groups excluding carboxylic acids is 1. The topological polar surface area (TPSA) is 111 Å². The number of methoxy groups -OCH3 is 1. The fourth-order valence-corrected chi connectivity index (χ4v) is 1.84. The van der Waals surface area contributed by atoms with Gasteiger partial charge in [-0.3, -0.25) is 9.36 Å². The van der Waals surface area contributed by atoms with Crippen molar-refractivity contribution in [2.24, 2.45) is 0 Å². The molecule has 0 fully saturated rings. The Bertz CT molecular complexity index is 730. The Balaban J connectivity index is 2.24. The summed E-state index contributed by atoms with van der Waals surface area (Å²) in [6, 6.07) is 4.03. The predicted molar refractivity (Wildman–Crippen MR) is 72.3 cm³/mol. The van der Waals surface area contributed by atoms with E-state index in [0.717, 1.165) is 4.57 Å². The fourth-order valence-electron chi connectivity index (χ4n) is 1.84. The van der Waals surface area contributed by atoms with Gasteiger partial charge in [-0.15, -0.1) is 0 Å². The van der Waals surface area contributed by atoms with Crippen molar-refractivity contribution in [3.8, 4) is 0 Å². The van der Waals surface area contributed by atoms with Crippen LogP contribution in [0.1, 0.15) is 10.4 Å². The SMILES string of the molecule is COCCNC(=O)Cn1c(=O)oc2cc(C(=O)O)ccc21. The van der Waals surface area contributed by atoms with E-state index in [-0.39, 0.29) is 23.6 Å². The van der Waals surface area contributed by atoms with Gasteiger partial charge in [0.25, 0.3) is 0 Å². The summed E-state index contributed by atoms with van der Waals surface area (Å²) in [4.78, 5) is 34.3. The van der Waals surface area contributed by atoms with Crippen LogP contribution in [0.3, 0.4) is 0 Å². The van der Waals surface area contributed by atoms with Crippen molar-refractivity contribution in [1.82, 2.24) is 9.88 Å². The lowest BCUT2D eigenvalue weighted by Gasteiger charge is -2.04. The van der Waals surface area contributed by atoms with E-state index in [9.17, 15) is 14.4 Å². The first kappa shape index (κ1) is 14.8. The summed E-state index contributed by atoms with van der Waals surface area (Å²) in [5, 5.41) is 11.5. The number of hydrogen-bond acceptors (Lipinski definition) is 5. The molecule has 1 aromatic heterocycles. The summed E-state index contributed by atoms with van der Waals surface area (Å²) in [5.41, 5.74) is 0.504. The molecule has 21 heavy (non-hydrogen) atoms. The standard InChI is InChI=1S/C13H14N2O6/c1-20-5-4-14-11(16)7-15-9-3-2-8(12(17)18)6-10(9)21-13(15)19/h2-3,6H,4-5,7H2,1H3,(H,14,16)(H,17,18). The first-order valence-corrected chi connectivity index (χ1v) is 6.15. The number of carboxylic acids is 1. The monoisotopic (exact) mass is 294 g/mol. The maximum atomic E-state index is 11.7. The molecule has 2 rings (SSSR count). The number of aromatic nitrogens is 1. The van der Waals surface area contributed by atoms with E-state index in [4.69, 9.17) is 14.3 Å². The van der Waals surface area contributed by atoms with E-state index in [1.54, 1.807) is 0 Å². The zero-order valence-electron chi connectivity index (χ0n) is 11.3. The molecule has 0 spiro atoms. The summed E-state index contributed by atoms with van der Waals surface area (Å²) in [5.74, 6) is -2.20. The molecule has 0 radical (unpaired) electrons. The minimum absolute atomic E-state index is 0.00736. The molecule has 8 heteroatoms. The number of oxazole rings is 1. The number of carboxylic acid groups (broad SMARTS) is 1. The minimum Gasteiger partial charge on any atom is -0.478 e. The van der Waals surface area contributed by atoms with Crippen molar-refractivity contribution in [2.45, 2.75) is 6.54 Å². The number of nitrogens with one attached hydrogen (secondary N) is 1. The smallest absolute Gasteiger partial charge is 0.420 e. The van der Waals surface area contributed by atoms with Gasteiger partial charge < -0.3 is 19.6 Å². The van der Waals surface area contributed by atoms with Gasteiger partial charge in [-0.2, -0.15) is 0 Å². The van der Waals surface area contributed by atoms with Crippen LogP contribution in [0, 0.1) is 0 Å². The van der Waals surface area contributed by atoms with Gasteiger partial charge in [0.05, 0.1) is 17.7 Å². The molecular formula is C13H14N2O6. The lowest BCUT2D eigenvalue weighted by atomic mass is 10.2. The third-order valence-corrected chi connectivity index (χ3v) is 2.85. The first-order chi connectivity index (χ1) is 10.0. The molecule has 0 unspecified atom stereocenters. The zero-order chi connectivity index (χ0) is 15.4. The molecule has 0 aliphatic heterocycles. The van der Waals surface area contributed by atoms with E-state index in [1.165, 1.54) is 25.3 Å². The predicted octanol–water partition coefficient (Wildman–Crippen LogP) is 0.0553. The van der Waals surface area contributed by atoms with Crippen LogP contribution in [0.2, 0.25) is 0 Å². The Morgan fingerprint density at radius 1 is 1.43 bits per heavy atom. The van der Waals surface area contributed by atoms with Gasteiger partial charge in [0, 0.05) is 13.7 Å². The number of rotatable bonds is 6. The lowest BCUT2D eigenvalue weighted by molar-refractivity contribution is -0.121. The summed E-state index contributed by atoms with van der Waals surface area (Å²) >= 11 is 0. The van der Waals surface area contributed by atoms with Crippen molar-refractivity contribution < 1.29 is 23.8 Å². The van der Waals surface area contributed by atoms with Gasteiger partial charge in [-0.1, -0.05) is 0 Å². The van der Waals surface area contributed by atoms with Crippen LogP contribution >= 0.6 is 0 Å². The van der Waals surface area contributed by atoms with Gasteiger partial charge >= 0.3 is 11.7 Å². The molecule has 0 saturated carbocycles. The molecule has 2 aromatic rings. The summed E-state index contributed by atoms with van der Waals surface area (Å²) in [6.45, 7) is 0.500. The second-order valence-corrected chi connectivity index (χ2v) is 4.28. The third kappa shape index (κ3) is 3.29. The highest BCUT2D eigenvalue weighted by Crippen LogP contribution is 2.15. The van der Waals surface area contributed by atoms with E-state index in [0.29, 0.717) is 18.7 Å². The molecule has 0 aliphatic carbocycles. The molecule has 1 heterocycles. The number of carbonyl (C=O) groups is 2. The molecule has 1 aromatic carbocycles. The maximum Gasteiger partial charge on any atom is 0.420 e. The molecular weight excluding hydrogens is 280 g/mol.